The molecular weight excluding hydrogens is 330 g/mol. The molecule has 1 aromatic rings. The van der Waals surface area contributed by atoms with Crippen molar-refractivity contribution in [2.75, 3.05) is 32.0 Å². The second-order valence-electron chi connectivity index (χ2n) is 4.54. The van der Waals surface area contributed by atoms with Gasteiger partial charge in [-0.25, -0.2) is 0 Å². The molecule has 0 radical (unpaired) electrons. The van der Waals surface area contributed by atoms with Gasteiger partial charge in [-0.1, -0.05) is 12.1 Å². The fourth-order valence-corrected chi connectivity index (χ4v) is 2.55. The Morgan fingerprint density at radius 3 is 2.84 bits per heavy atom. The third-order valence-corrected chi connectivity index (χ3v) is 3.89. The molecule has 1 aromatic carbocycles. The van der Waals surface area contributed by atoms with Crippen LogP contribution in [-0.4, -0.2) is 43.5 Å². The number of benzene rings is 1. The van der Waals surface area contributed by atoms with Crippen LogP contribution in [0.15, 0.2) is 28.7 Å². The van der Waals surface area contributed by atoms with E-state index in [1.165, 1.54) is 0 Å². The lowest BCUT2D eigenvalue weighted by Crippen LogP contribution is -2.34. The van der Waals surface area contributed by atoms with Crippen molar-refractivity contribution in [1.29, 1.82) is 0 Å². The molecule has 1 heterocycles. The summed E-state index contributed by atoms with van der Waals surface area (Å²) in [5, 5.41) is 6.17. The van der Waals surface area contributed by atoms with Crippen LogP contribution in [0.25, 0.3) is 0 Å². The van der Waals surface area contributed by atoms with E-state index in [0.717, 1.165) is 29.7 Å². The van der Waals surface area contributed by atoms with Crippen molar-refractivity contribution in [1.82, 2.24) is 10.2 Å². The van der Waals surface area contributed by atoms with Gasteiger partial charge >= 0.3 is 0 Å². The highest BCUT2D eigenvalue weighted by atomic mass is 79.9. The first-order chi connectivity index (χ1) is 8.69. The van der Waals surface area contributed by atoms with E-state index in [1.54, 1.807) is 0 Å². The Balaban J connectivity index is 0.00000180. The average molecular weight is 349 g/mol. The van der Waals surface area contributed by atoms with Crippen LogP contribution in [0.5, 0.6) is 0 Å². The number of para-hydroxylation sites is 1. The highest BCUT2D eigenvalue weighted by Crippen LogP contribution is 2.21. The summed E-state index contributed by atoms with van der Waals surface area (Å²) in [6, 6.07) is 8.16. The maximum Gasteiger partial charge on any atom is 0.238 e. The molecule has 4 nitrogen and oxygen atoms in total. The number of hydrogen-bond acceptors (Lipinski definition) is 3. The Hall–Kier alpha value is -0.620. The molecule has 0 aromatic heterocycles. The summed E-state index contributed by atoms with van der Waals surface area (Å²) in [5.41, 5.74) is 0.826. The smallest absolute Gasteiger partial charge is 0.238 e. The molecule has 6 heteroatoms. The van der Waals surface area contributed by atoms with Crippen LogP contribution in [0.3, 0.4) is 0 Å². The summed E-state index contributed by atoms with van der Waals surface area (Å²) in [4.78, 5) is 14.1. The molecular formula is C13H19BrClN3O. The van der Waals surface area contributed by atoms with E-state index in [0.29, 0.717) is 12.6 Å². The first kappa shape index (κ1) is 16.4. The van der Waals surface area contributed by atoms with Crippen molar-refractivity contribution < 1.29 is 4.79 Å². The van der Waals surface area contributed by atoms with Gasteiger partial charge in [0.2, 0.25) is 5.91 Å². The molecule has 1 saturated heterocycles. The van der Waals surface area contributed by atoms with Crippen molar-refractivity contribution in [2.24, 2.45) is 0 Å². The molecule has 1 unspecified atom stereocenters. The second-order valence-corrected chi connectivity index (χ2v) is 5.39. The van der Waals surface area contributed by atoms with Gasteiger partial charge < -0.3 is 10.6 Å². The molecule has 0 aliphatic carbocycles. The first-order valence-corrected chi connectivity index (χ1v) is 6.92. The number of nitrogens with zero attached hydrogens (tertiary/aromatic N) is 1. The highest BCUT2D eigenvalue weighted by molar-refractivity contribution is 9.10. The minimum absolute atomic E-state index is 0. The summed E-state index contributed by atoms with van der Waals surface area (Å²) >= 11 is 3.42. The Morgan fingerprint density at radius 1 is 1.47 bits per heavy atom. The molecule has 2 N–H and O–H groups in total. The van der Waals surface area contributed by atoms with Gasteiger partial charge in [-0.2, -0.15) is 0 Å². The molecule has 1 aliphatic heterocycles. The van der Waals surface area contributed by atoms with Crippen molar-refractivity contribution in [3.8, 4) is 0 Å². The third-order valence-electron chi connectivity index (χ3n) is 3.20. The summed E-state index contributed by atoms with van der Waals surface area (Å²) in [7, 11) is 1.97. The molecule has 1 amide bonds. The monoisotopic (exact) mass is 347 g/mol. The van der Waals surface area contributed by atoms with Crippen LogP contribution in [0.4, 0.5) is 5.69 Å². The fourth-order valence-electron chi connectivity index (χ4n) is 2.17. The number of rotatable bonds is 4. The zero-order valence-electron chi connectivity index (χ0n) is 10.9. The predicted molar refractivity (Wildman–Crippen MR) is 83.9 cm³/mol. The minimum atomic E-state index is 0. The van der Waals surface area contributed by atoms with Crippen molar-refractivity contribution in [2.45, 2.75) is 12.5 Å². The number of carbonyl (C=O) groups is 1. The van der Waals surface area contributed by atoms with Crippen LogP contribution in [0.2, 0.25) is 0 Å². The number of anilines is 1. The second kappa shape index (κ2) is 7.85. The average Bonchev–Trinajstić information content (AvgIpc) is 2.80. The van der Waals surface area contributed by atoms with Crippen LogP contribution in [-0.2, 0) is 4.79 Å². The van der Waals surface area contributed by atoms with Crippen LogP contribution in [0.1, 0.15) is 6.42 Å². The van der Waals surface area contributed by atoms with E-state index >= 15 is 0 Å². The first-order valence-electron chi connectivity index (χ1n) is 6.13. The van der Waals surface area contributed by atoms with E-state index in [-0.39, 0.29) is 18.3 Å². The standard InChI is InChI=1S/C13H18BrN3O.ClH/c1-15-10-6-7-17(8-10)9-13(18)16-12-5-3-2-4-11(12)14;/h2-5,10,15H,6-9H2,1H3,(H,16,18);1H. The fraction of sp³-hybridized carbons (Fsp3) is 0.462. The summed E-state index contributed by atoms with van der Waals surface area (Å²) in [5.74, 6) is 0.0404. The Labute approximate surface area is 128 Å². The van der Waals surface area contributed by atoms with E-state index in [1.807, 2.05) is 31.3 Å². The normalized spacial score (nSPS) is 18.9. The number of carbonyl (C=O) groups excluding carboxylic acids is 1. The number of likely N-dealkylation sites (N-methyl/N-ethyl adjacent to an activating group) is 1. The molecule has 1 aliphatic rings. The van der Waals surface area contributed by atoms with E-state index < -0.39 is 0 Å². The summed E-state index contributed by atoms with van der Waals surface area (Å²) in [6.45, 7) is 2.38. The number of likely N-dealkylation sites (tertiary alicyclic amines) is 1. The number of nitrogens with one attached hydrogen (secondary N) is 2. The van der Waals surface area contributed by atoms with E-state index in [2.05, 4.69) is 31.5 Å². The molecule has 1 atom stereocenters. The van der Waals surface area contributed by atoms with Gasteiger partial charge in [0, 0.05) is 23.6 Å². The van der Waals surface area contributed by atoms with Gasteiger partial charge in [0.1, 0.15) is 0 Å². The van der Waals surface area contributed by atoms with Crippen LogP contribution in [0, 0.1) is 0 Å². The molecule has 0 spiro atoms. The Bertz CT molecular complexity index is 430. The zero-order chi connectivity index (χ0) is 13.0. The van der Waals surface area contributed by atoms with Crippen molar-refractivity contribution in [3.05, 3.63) is 28.7 Å². The molecule has 0 bridgehead atoms. The lowest BCUT2D eigenvalue weighted by Gasteiger charge is -2.15. The highest BCUT2D eigenvalue weighted by Gasteiger charge is 2.22. The van der Waals surface area contributed by atoms with Crippen LogP contribution >= 0.6 is 28.3 Å². The minimum Gasteiger partial charge on any atom is -0.324 e. The van der Waals surface area contributed by atoms with Crippen molar-refractivity contribution in [3.63, 3.8) is 0 Å². The Kier molecular flexibility index (Phi) is 6.79. The summed E-state index contributed by atoms with van der Waals surface area (Å²) in [6.07, 6.45) is 1.11. The molecule has 0 saturated carbocycles. The van der Waals surface area contributed by atoms with Gasteiger partial charge in [0.25, 0.3) is 0 Å². The number of amides is 1. The van der Waals surface area contributed by atoms with Gasteiger partial charge in [0.05, 0.1) is 12.2 Å². The van der Waals surface area contributed by atoms with Gasteiger partial charge in [-0.3, -0.25) is 9.69 Å². The molecule has 106 valence electrons. The number of halogens is 2. The Morgan fingerprint density at radius 2 is 2.21 bits per heavy atom. The molecule has 1 fully saturated rings. The number of hydrogen-bond donors (Lipinski definition) is 2. The summed E-state index contributed by atoms with van der Waals surface area (Å²) < 4.78 is 0.910. The van der Waals surface area contributed by atoms with Gasteiger partial charge in [0.15, 0.2) is 0 Å². The van der Waals surface area contributed by atoms with E-state index in [4.69, 9.17) is 0 Å². The molecule has 19 heavy (non-hydrogen) atoms. The quantitative estimate of drug-likeness (QED) is 0.876. The maximum absolute atomic E-state index is 11.9. The van der Waals surface area contributed by atoms with E-state index in [9.17, 15) is 4.79 Å². The van der Waals surface area contributed by atoms with Gasteiger partial charge in [-0.05, 0) is 41.5 Å². The zero-order valence-corrected chi connectivity index (χ0v) is 13.3. The largest absolute Gasteiger partial charge is 0.324 e. The maximum atomic E-state index is 11.9. The predicted octanol–water partition coefficient (Wildman–Crippen LogP) is 2.10. The van der Waals surface area contributed by atoms with Crippen LogP contribution < -0.4 is 10.6 Å². The lowest BCUT2D eigenvalue weighted by molar-refractivity contribution is -0.117. The van der Waals surface area contributed by atoms with Crippen molar-refractivity contribution >= 4 is 39.9 Å². The van der Waals surface area contributed by atoms with Gasteiger partial charge in [-0.15, -0.1) is 12.4 Å². The molecule has 2 rings (SSSR count). The lowest BCUT2D eigenvalue weighted by atomic mass is 10.3. The SMILES string of the molecule is CNC1CCN(CC(=O)Nc2ccccc2Br)C1.Cl. The topological polar surface area (TPSA) is 44.4 Å². The third kappa shape index (κ3) is 4.76.